The molecule has 0 atom stereocenters. The molecule has 0 spiro atoms. The van der Waals surface area contributed by atoms with Crippen LogP contribution in [0.1, 0.15) is 59.1 Å². The predicted octanol–water partition coefficient (Wildman–Crippen LogP) is 9.74. The van der Waals surface area contributed by atoms with E-state index in [0.29, 0.717) is 0 Å². The molecule has 0 aliphatic heterocycles. The molecule has 0 aromatic heterocycles. The lowest BCUT2D eigenvalue weighted by atomic mass is 10.0. The number of hydrogen-bond donors (Lipinski definition) is 0. The van der Waals surface area contributed by atoms with Gasteiger partial charge in [-0.1, -0.05) is 187 Å². The van der Waals surface area contributed by atoms with E-state index in [0.717, 1.165) is 30.8 Å². The van der Waals surface area contributed by atoms with E-state index in [2.05, 4.69) is 211 Å². The van der Waals surface area contributed by atoms with Gasteiger partial charge in [0.1, 0.15) is 11.5 Å². The standard InChI is InChI=1S/C47H52O2Si2/c1-46(2,3)50(42-22-11-7-12-23-42,43-24-13-8-14-25-43)48-40-34-30-38(31-35-40)20-19-21-39-32-36-41(37-33-39)49-51(47(4,5)6,44-26-15-9-16-27-44)45-28-17-10-18-29-45/h7-18,22-37H,19-21H2,1-6H3. The molecular weight excluding hydrogens is 653 g/mol. The van der Waals surface area contributed by atoms with Gasteiger partial charge in [-0.2, -0.15) is 0 Å². The van der Waals surface area contributed by atoms with Crippen LogP contribution in [0.25, 0.3) is 0 Å². The van der Waals surface area contributed by atoms with Gasteiger partial charge in [0.05, 0.1) is 0 Å². The maximum Gasteiger partial charge on any atom is 0.319 e. The van der Waals surface area contributed by atoms with Gasteiger partial charge in [0.2, 0.25) is 0 Å². The first-order valence-electron chi connectivity index (χ1n) is 18.3. The van der Waals surface area contributed by atoms with E-state index < -0.39 is 16.6 Å². The Labute approximate surface area is 308 Å². The topological polar surface area (TPSA) is 18.5 Å². The summed E-state index contributed by atoms with van der Waals surface area (Å²) in [6, 6.07) is 61.0. The normalized spacial score (nSPS) is 12.4. The Balaban J connectivity index is 1.15. The Morgan fingerprint density at radius 1 is 0.353 bits per heavy atom. The predicted molar refractivity (Wildman–Crippen MR) is 221 cm³/mol. The average molecular weight is 705 g/mol. The Morgan fingerprint density at radius 3 is 0.843 bits per heavy atom. The van der Waals surface area contributed by atoms with Crippen molar-refractivity contribution >= 4 is 37.4 Å². The Hall–Kier alpha value is -4.65. The first-order chi connectivity index (χ1) is 24.5. The second-order valence-electron chi connectivity index (χ2n) is 15.7. The van der Waals surface area contributed by atoms with Crippen molar-refractivity contribution in [2.24, 2.45) is 0 Å². The summed E-state index contributed by atoms with van der Waals surface area (Å²) >= 11 is 0. The number of aryl methyl sites for hydroxylation is 2. The third-order valence-corrected chi connectivity index (χ3v) is 20.0. The van der Waals surface area contributed by atoms with Crippen molar-refractivity contribution in [1.82, 2.24) is 0 Å². The van der Waals surface area contributed by atoms with Crippen molar-refractivity contribution in [3.63, 3.8) is 0 Å². The van der Waals surface area contributed by atoms with E-state index in [1.807, 2.05) is 0 Å². The lowest BCUT2D eigenvalue weighted by Gasteiger charge is -2.43. The first kappa shape index (κ1) is 36.2. The average Bonchev–Trinajstić information content (AvgIpc) is 3.14. The van der Waals surface area contributed by atoms with E-state index in [9.17, 15) is 0 Å². The maximum atomic E-state index is 7.22. The molecule has 0 saturated carbocycles. The van der Waals surface area contributed by atoms with Gasteiger partial charge in [-0.05, 0) is 85.5 Å². The van der Waals surface area contributed by atoms with Crippen molar-refractivity contribution in [3.8, 4) is 11.5 Å². The largest absolute Gasteiger partial charge is 0.534 e. The van der Waals surface area contributed by atoms with Gasteiger partial charge < -0.3 is 8.85 Å². The van der Waals surface area contributed by atoms with E-state index in [1.165, 1.54) is 31.9 Å². The quantitative estimate of drug-likeness (QED) is 0.118. The van der Waals surface area contributed by atoms with Crippen LogP contribution in [0.2, 0.25) is 10.1 Å². The molecule has 0 unspecified atom stereocenters. The summed E-state index contributed by atoms with van der Waals surface area (Å²) in [4.78, 5) is 0. The zero-order valence-electron chi connectivity index (χ0n) is 31.1. The molecule has 6 rings (SSSR count). The lowest BCUT2D eigenvalue weighted by Crippen LogP contribution is -2.68. The molecule has 0 heterocycles. The third-order valence-electron chi connectivity index (χ3n) is 10.2. The summed E-state index contributed by atoms with van der Waals surface area (Å²) in [5.41, 5.74) is 2.66. The Bertz CT molecular complexity index is 1720. The van der Waals surface area contributed by atoms with Gasteiger partial charge in [0, 0.05) is 0 Å². The van der Waals surface area contributed by atoms with Crippen LogP contribution < -0.4 is 29.6 Å². The van der Waals surface area contributed by atoms with Crippen LogP contribution in [0.4, 0.5) is 0 Å². The molecule has 4 heteroatoms. The highest BCUT2D eigenvalue weighted by Crippen LogP contribution is 2.39. The molecule has 0 aliphatic carbocycles. The molecule has 0 radical (unpaired) electrons. The molecule has 0 saturated heterocycles. The summed E-state index contributed by atoms with van der Waals surface area (Å²) in [6.07, 6.45) is 3.10. The summed E-state index contributed by atoms with van der Waals surface area (Å²) < 4.78 is 14.4. The molecule has 6 aromatic rings. The van der Waals surface area contributed by atoms with Crippen LogP contribution in [-0.2, 0) is 12.8 Å². The van der Waals surface area contributed by atoms with Gasteiger partial charge >= 0.3 is 16.6 Å². The molecule has 0 aliphatic rings. The SMILES string of the molecule is CC(C)(C)[Si](Oc1ccc(CCCc2ccc(O[Si](c3ccccc3)(c3ccccc3)C(C)(C)C)cc2)cc1)(c1ccccc1)c1ccccc1. The number of benzene rings is 6. The molecule has 260 valence electrons. The van der Waals surface area contributed by atoms with Gasteiger partial charge in [0.15, 0.2) is 0 Å². The first-order valence-corrected chi connectivity index (χ1v) is 22.1. The summed E-state index contributed by atoms with van der Waals surface area (Å²) in [5, 5.41) is 5.00. The smallest absolute Gasteiger partial charge is 0.319 e. The van der Waals surface area contributed by atoms with Crippen LogP contribution in [0.15, 0.2) is 170 Å². The summed E-state index contributed by atoms with van der Waals surface area (Å²) in [7, 11) is -5.31. The van der Waals surface area contributed by atoms with Crippen molar-refractivity contribution in [2.75, 3.05) is 0 Å². The van der Waals surface area contributed by atoms with Crippen molar-refractivity contribution in [3.05, 3.63) is 181 Å². The molecule has 6 aromatic carbocycles. The van der Waals surface area contributed by atoms with Crippen LogP contribution in [-0.4, -0.2) is 16.6 Å². The van der Waals surface area contributed by atoms with E-state index in [-0.39, 0.29) is 10.1 Å². The third kappa shape index (κ3) is 7.68. The monoisotopic (exact) mass is 704 g/mol. The molecule has 0 N–H and O–H groups in total. The fourth-order valence-corrected chi connectivity index (χ4v) is 16.4. The fourth-order valence-electron chi connectivity index (χ4n) is 7.60. The summed E-state index contributed by atoms with van der Waals surface area (Å²) in [6.45, 7) is 13.9. The van der Waals surface area contributed by atoms with Gasteiger partial charge in [0.25, 0.3) is 0 Å². The molecule has 51 heavy (non-hydrogen) atoms. The highest BCUT2D eigenvalue weighted by atomic mass is 28.4. The molecule has 0 amide bonds. The molecule has 2 nitrogen and oxygen atoms in total. The van der Waals surface area contributed by atoms with Gasteiger partial charge in [-0.3, -0.25) is 0 Å². The van der Waals surface area contributed by atoms with Crippen molar-refractivity contribution < 1.29 is 8.85 Å². The van der Waals surface area contributed by atoms with Gasteiger partial charge in [-0.25, -0.2) is 0 Å². The second-order valence-corrected chi connectivity index (χ2v) is 24.1. The second kappa shape index (κ2) is 15.3. The zero-order chi connectivity index (χ0) is 36.0. The van der Waals surface area contributed by atoms with Crippen LogP contribution in [0.3, 0.4) is 0 Å². The number of hydrogen-bond acceptors (Lipinski definition) is 2. The lowest BCUT2D eigenvalue weighted by molar-refractivity contribution is 0.508. The van der Waals surface area contributed by atoms with E-state index >= 15 is 0 Å². The Morgan fingerprint density at radius 2 is 0.608 bits per heavy atom. The summed E-state index contributed by atoms with van der Waals surface area (Å²) in [5.74, 6) is 1.87. The minimum atomic E-state index is -2.65. The minimum Gasteiger partial charge on any atom is -0.534 e. The van der Waals surface area contributed by atoms with Crippen LogP contribution in [0.5, 0.6) is 11.5 Å². The highest BCUT2D eigenvalue weighted by molar-refractivity contribution is 7.00. The molecular formula is C47H52O2Si2. The van der Waals surface area contributed by atoms with E-state index in [1.54, 1.807) is 0 Å². The molecule has 0 fully saturated rings. The number of rotatable bonds is 12. The fraction of sp³-hybridized carbons (Fsp3) is 0.234. The van der Waals surface area contributed by atoms with E-state index in [4.69, 9.17) is 8.85 Å². The minimum absolute atomic E-state index is 0.0749. The van der Waals surface area contributed by atoms with Gasteiger partial charge in [-0.15, -0.1) is 0 Å². The van der Waals surface area contributed by atoms with Crippen molar-refractivity contribution in [1.29, 1.82) is 0 Å². The Kier molecular flexibility index (Phi) is 10.8. The van der Waals surface area contributed by atoms with Crippen LogP contribution in [0, 0.1) is 0 Å². The molecule has 0 bridgehead atoms. The highest BCUT2D eigenvalue weighted by Gasteiger charge is 2.53. The zero-order valence-corrected chi connectivity index (χ0v) is 33.1. The van der Waals surface area contributed by atoms with Crippen molar-refractivity contribution in [2.45, 2.75) is 70.9 Å². The maximum absolute atomic E-state index is 7.22. The van der Waals surface area contributed by atoms with Crippen LogP contribution >= 0.6 is 0 Å².